The third kappa shape index (κ3) is 5.06. The summed E-state index contributed by atoms with van der Waals surface area (Å²) in [6.07, 6.45) is 4.95. The maximum absolute atomic E-state index is 9.05. The predicted molar refractivity (Wildman–Crippen MR) is 71.8 cm³/mol. The molecule has 0 radical (unpaired) electrons. The molecule has 1 rings (SSSR count). The van der Waals surface area contributed by atoms with E-state index < -0.39 is 0 Å². The van der Waals surface area contributed by atoms with Crippen LogP contribution in [0.1, 0.15) is 46.5 Å². The molecule has 0 aromatic carbocycles. The molecule has 0 spiro atoms. The van der Waals surface area contributed by atoms with Crippen molar-refractivity contribution in [3.63, 3.8) is 0 Å². The van der Waals surface area contributed by atoms with Gasteiger partial charge in [-0.1, -0.05) is 13.3 Å². The highest BCUT2D eigenvalue weighted by Gasteiger charge is 2.24. The van der Waals surface area contributed by atoms with Crippen molar-refractivity contribution in [3.05, 3.63) is 0 Å². The molecule has 0 aromatic heterocycles. The SMILES string of the molecule is CCNCC1CCCCN1CCC(C)(C)C#N. The van der Waals surface area contributed by atoms with E-state index in [0.29, 0.717) is 6.04 Å². The van der Waals surface area contributed by atoms with Crippen molar-refractivity contribution in [2.75, 3.05) is 26.2 Å². The van der Waals surface area contributed by atoms with Crippen LogP contribution < -0.4 is 5.32 Å². The Balaban J connectivity index is 2.40. The zero-order valence-corrected chi connectivity index (χ0v) is 11.6. The summed E-state index contributed by atoms with van der Waals surface area (Å²) in [5.74, 6) is 0. The average molecular weight is 237 g/mol. The minimum Gasteiger partial charge on any atom is -0.315 e. The first-order chi connectivity index (χ1) is 8.09. The number of nitrogens with zero attached hydrogens (tertiary/aromatic N) is 2. The molecule has 17 heavy (non-hydrogen) atoms. The summed E-state index contributed by atoms with van der Waals surface area (Å²) in [6.45, 7) is 10.7. The summed E-state index contributed by atoms with van der Waals surface area (Å²) in [7, 11) is 0. The van der Waals surface area contributed by atoms with Crippen molar-refractivity contribution in [1.82, 2.24) is 10.2 Å². The minimum absolute atomic E-state index is 0.180. The average Bonchev–Trinajstić information content (AvgIpc) is 2.35. The summed E-state index contributed by atoms with van der Waals surface area (Å²) in [6, 6.07) is 3.08. The molecule has 1 fully saturated rings. The highest BCUT2D eigenvalue weighted by molar-refractivity contribution is 4.93. The molecular weight excluding hydrogens is 210 g/mol. The number of nitrogens with one attached hydrogen (secondary N) is 1. The van der Waals surface area contributed by atoms with Gasteiger partial charge in [0, 0.05) is 12.6 Å². The molecule has 1 unspecified atom stereocenters. The van der Waals surface area contributed by atoms with E-state index >= 15 is 0 Å². The summed E-state index contributed by atoms with van der Waals surface area (Å²) < 4.78 is 0. The molecule has 0 aromatic rings. The first kappa shape index (κ1) is 14.5. The Labute approximate surface area is 106 Å². The van der Waals surface area contributed by atoms with Gasteiger partial charge in [0.2, 0.25) is 0 Å². The van der Waals surface area contributed by atoms with Crippen LogP contribution in [0.25, 0.3) is 0 Å². The molecule has 1 atom stereocenters. The Morgan fingerprint density at radius 3 is 2.82 bits per heavy atom. The second-order valence-electron chi connectivity index (χ2n) is 5.74. The molecule has 0 saturated carbocycles. The maximum Gasteiger partial charge on any atom is 0.0684 e. The van der Waals surface area contributed by atoms with Crippen LogP contribution in [-0.4, -0.2) is 37.1 Å². The second-order valence-corrected chi connectivity index (χ2v) is 5.74. The van der Waals surface area contributed by atoms with Crippen molar-refractivity contribution >= 4 is 0 Å². The largest absolute Gasteiger partial charge is 0.315 e. The summed E-state index contributed by atoms with van der Waals surface area (Å²) >= 11 is 0. The van der Waals surface area contributed by atoms with E-state index in [-0.39, 0.29) is 5.41 Å². The molecular formula is C14H27N3. The Morgan fingerprint density at radius 2 is 2.18 bits per heavy atom. The van der Waals surface area contributed by atoms with Crippen molar-refractivity contribution in [1.29, 1.82) is 5.26 Å². The van der Waals surface area contributed by atoms with E-state index in [1.165, 1.54) is 25.8 Å². The Bertz CT molecular complexity index is 255. The van der Waals surface area contributed by atoms with Gasteiger partial charge in [-0.25, -0.2) is 0 Å². The molecule has 0 amide bonds. The molecule has 1 aliphatic heterocycles. The van der Waals surface area contributed by atoms with E-state index in [0.717, 1.165) is 26.1 Å². The third-order valence-electron chi connectivity index (χ3n) is 3.71. The van der Waals surface area contributed by atoms with E-state index in [4.69, 9.17) is 5.26 Å². The number of likely N-dealkylation sites (tertiary alicyclic amines) is 1. The van der Waals surface area contributed by atoms with Crippen LogP contribution in [-0.2, 0) is 0 Å². The molecule has 98 valence electrons. The van der Waals surface area contributed by atoms with Gasteiger partial charge in [0.25, 0.3) is 0 Å². The molecule has 3 heteroatoms. The van der Waals surface area contributed by atoms with Gasteiger partial charge in [-0.3, -0.25) is 4.90 Å². The fraction of sp³-hybridized carbons (Fsp3) is 0.929. The van der Waals surface area contributed by atoms with Crippen molar-refractivity contribution in [2.24, 2.45) is 5.41 Å². The van der Waals surface area contributed by atoms with Crippen LogP contribution in [0.5, 0.6) is 0 Å². The number of nitriles is 1. The Kier molecular flexibility index (Phi) is 5.94. The van der Waals surface area contributed by atoms with Gasteiger partial charge in [-0.05, 0) is 52.7 Å². The summed E-state index contributed by atoms with van der Waals surface area (Å²) in [5.41, 5.74) is -0.180. The van der Waals surface area contributed by atoms with Crippen molar-refractivity contribution < 1.29 is 0 Å². The normalized spacial score (nSPS) is 22.4. The zero-order chi connectivity index (χ0) is 12.7. The fourth-order valence-electron chi connectivity index (χ4n) is 2.38. The summed E-state index contributed by atoms with van der Waals surface area (Å²) in [5, 5.41) is 12.5. The van der Waals surface area contributed by atoms with Crippen LogP contribution in [0.4, 0.5) is 0 Å². The third-order valence-corrected chi connectivity index (χ3v) is 3.71. The van der Waals surface area contributed by atoms with Gasteiger partial charge in [-0.15, -0.1) is 0 Å². The van der Waals surface area contributed by atoms with Crippen molar-refractivity contribution in [2.45, 2.75) is 52.5 Å². The van der Waals surface area contributed by atoms with Crippen molar-refractivity contribution in [3.8, 4) is 6.07 Å². The second kappa shape index (κ2) is 6.98. The lowest BCUT2D eigenvalue weighted by molar-refractivity contribution is 0.133. The van der Waals surface area contributed by atoms with Gasteiger partial charge in [0.1, 0.15) is 0 Å². The Morgan fingerprint density at radius 1 is 1.41 bits per heavy atom. The molecule has 1 aliphatic rings. The first-order valence-electron chi connectivity index (χ1n) is 6.95. The van der Waals surface area contributed by atoms with E-state index in [9.17, 15) is 0 Å². The van der Waals surface area contributed by atoms with Crippen LogP contribution in [0, 0.1) is 16.7 Å². The standard InChI is InChI=1S/C14H27N3/c1-4-16-11-13-7-5-6-9-17(13)10-8-14(2,3)12-15/h13,16H,4-11H2,1-3H3. The summed E-state index contributed by atoms with van der Waals surface area (Å²) in [4.78, 5) is 2.57. The van der Waals surface area contributed by atoms with Crippen LogP contribution in [0.2, 0.25) is 0 Å². The fourth-order valence-corrected chi connectivity index (χ4v) is 2.38. The van der Waals surface area contributed by atoms with E-state index in [1.807, 2.05) is 13.8 Å². The first-order valence-corrected chi connectivity index (χ1v) is 6.95. The highest BCUT2D eigenvalue weighted by Crippen LogP contribution is 2.22. The topological polar surface area (TPSA) is 39.1 Å². The number of piperidine rings is 1. The van der Waals surface area contributed by atoms with Crippen LogP contribution in [0.3, 0.4) is 0 Å². The van der Waals surface area contributed by atoms with Gasteiger partial charge in [-0.2, -0.15) is 5.26 Å². The quantitative estimate of drug-likeness (QED) is 0.771. The minimum atomic E-state index is -0.180. The van der Waals surface area contributed by atoms with Gasteiger partial charge >= 0.3 is 0 Å². The highest BCUT2D eigenvalue weighted by atomic mass is 15.2. The molecule has 1 heterocycles. The molecule has 0 bridgehead atoms. The monoisotopic (exact) mass is 237 g/mol. The number of hydrogen-bond donors (Lipinski definition) is 1. The lowest BCUT2D eigenvalue weighted by Crippen LogP contribution is -2.46. The molecule has 0 aliphatic carbocycles. The van der Waals surface area contributed by atoms with Gasteiger partial charge in [0.15, 0.2) is 0 Å². The lowest BCUT2D eigenvalue weighted by atomic mass is 9.90. The predicted octanol–water partition coefficient (Wildman–Crippen LogP) is 2.39. The van der Waals surface area contributed by atoms with E-state index in [2.05, 4.69) is 23.2 Å². The zero-order valence-electron chi connectivity index (χ0n) is 11.6. The van der Waals surface area contributed by atoms with Crippen LogP contribution >= 0.6 is 0 Å². The van der Waals surface area contributed by atoms with Crippen LogP contribution in [0.15, 0.2) is 0 Å². The van der Waals surface area contributed by atoms with E-state index in [1.54, 1.807) is 0 Å². The molecule has 3 nitrogen and oxygen atoms in total. The number of rotatable bonds is 6. The van der Waals surface area contributed by atoms with Gasteiger partial charge in [0.05, 0.1) is 11.5 Å². The Hall–Kier alpha value is -0.590. The number of hydrogen-bond acceptors (Lipinski definition) is 3. The smallest absolute Gasteiger partial charge is 0.0684 e. The molecule has 1 saturated heterocycles. The number of likely N-dealkylation sites (N-methyl/N-ethyl adjacent to an activating group) is 1. The molecule has 1 N–H and O–H groups in total. The maximum atomic E-state index is 9.05. The lowest BCUT2D eigenvalue weighted by Gasteiger charge is -2.37. The van der Waals surface area contributed by atoms with Gasteiger partial charge < -0.3 is 5.32 Å².